The van der Waals surface area contributed by atoms with Crippen LogP contribution in [-0.4, -0.2) is 72.5 Å². The molecule has 0 saturated carbocycles. The van der Waals surface area contributed by atoms with Crippen LogP contribution in [0.1, 0.15) is 26.2 Å². The number of hydrogen-bond acceptors (Lipinski definition) is 5. The number of nitrogens with one attached hydrogen (secondary N) is 1. The molecule has 2 heterocycles. The molecule has 0 aromatic heterocycles. The number of likely N-dealkylation sites (N-methyl/N-ethyl adjacent to an activating group) is 1. The number of guanidine groups is 1. The first-order chi connectivity index (χ1) is 9.47. The summed E-state index contributed by atoms with van der Waals surface area (Å²) in [6.45, 7) is 2.93. The average Bonchev–Trinajstić information content (AvgIpc) is 2.77. The Hall–Kier alpha value is -1.79. The summed E-state index contributed by atoms with van der Waals surface area (Å²) in [7, 11) is 5.48. The second-order valence-corrected chi connectivity index (χ2v) is 5.49. The van der Waals surface area contributed by atoms with E-state index in [-0.39, 0.29) is 11.9 Å². The van der Waals surface area contributed by atoms with Gasteiger partial charge >= 0.3 is 6.03 Å². The van der Waals surface area contributed by atoms with Gasteiger partial charge in [0.2, 0.25) is 0 Å². The fourth-order valence-electron chi connectivity index (χ4n) is 2.65. The van der Waals surface area contributed by atoms with Crippen molar-refractivity contribution in [1.82, 2.24) is 20.0 Å². The van der Waals surface area contributed by atoms with Gasteiger partial charge in [0.25, 0.3) is 5.91 Å². The Bertz CT molecular complexity index is 434. The average molecular weight is 281 g/mol. The highest BCUT2D eigenvalue weighted by atomic mass is 16.2. The maximum atomic E-state index is 12.2. The van der Waals surface area contributed by atoms with Crippen LogP contribution in [0.3, 0.4) is 0 Å². The van der Waals surface area contributed by atoms with Crippen LogP contribution >= 0.6 is 0 Å². The van der Waals surface area contributed by atoms with Gasteiger partial charge in [-0.2, -0.15) is 0 Å². The van der Waals surface area contributed by atoms with Crippen LogP contribution in [-0.2, 0) is 4.79 Å². The number of nitrogens with zero attached hydrogens (tertiary/aromatic N) is 4. The molecule has 2 unspecified atom stereocenters. The van der Waals surface area contributed by atoms with Crippen LogP contribution in [0.15, 0.2) is 4.99 Å². The lowest BCUT2D eigenvalue weighted by molar-refractivity contribution is -0.127. The molecule has 0 bridgehead atoms. The van der Waals surface area contributed by atoms with Crippen molar-refractivity contribution < 1.29 is 9.59 Å². The van der Waals surface area contributed by atoms with Gasteiger partial charge in [0, 0.05) is 27.7 Å². The Morgan fingerprint density at radius 1 is 1.30 bits per heavy atom. The molecular weight excluding hydrogens is 258 g/mol. The van der Waals surface area contributed by atoms with E-state index in [0.717, 1.165) is 31.8 Å². The molecule has 1 N–H and O–H groups in total. The summed E-state index contributed by atoms with van der Waals surface area (Å²) in [6.07, 6.45) is 2.83. The molecule has 112 valence electrons. The number of aliphatic imine (C=N–C) groups is 1. The van der Waals surface area contributed by atoms with Crippen LogP contribution in [0.2, 0.25) is 0 Å². The van der Waals surface area contributed by atoms with Gasteiger partial charge in [0.05, 0.1) is 0 Å². The van der Waals surface area contributed by atoms with Gasteiger partial charge in [-0.3, -0.25) is 10.1 Å². The molecule has 0 aromatic carbocycles. The van der Waals surface area contributed by atoms with Crippen LogP contribution in [0.4, 0.5) is 4.79 Å². The lowest BCUT2D eigenvalue weighted by Gasteiger charge is -2.36. The van der Waals surface area contributed by atoms with E-state index in [2.05, 4.69) is 17.2 Å². The highest BCUT2D eigenvalue weighted by Crippen LogP contribution is 2.25. The van der Waals surface area contributed by atoms with Gasteiger partial charge < -0.3 is 14.7 Å². The molecule has 2 rings (SSSR count). The number of rotatable bonds is 4. The molecule has 0 aliphatic carbocycles. The van der Waals surface area contributed by atoms with Gasteiger partial charge in [0.15, 0.2) is 18.2 Å². The Labute approximate surface area is 119 Å². The standard InChI is InChI=1S/C13H23N5O2/c1-5-6-7-8-18-9-10(14-12(18)16(2)3)17(4)13(20)15-11(9)19/h9-10H,5-8H2,1-4H3,(H,15,19,20). The zero-order valence-corrected chi connectivity index (χ0v) is 12.6. The molecule has 2 aliphatic heterocycles. The van der Waals surface area contributed by atoms with Crippen LogP contribution in [0.5, 0.6) is 0 Å². The lowest BCUT2D eigenvalue weighted by atomic mass is 10.1. The Morgan fingerprint density at radius 2 is 2.00 bits per heavy atom. The first-order valence-electron chi connectivity index (χ1n) is 7.06. The van der Waals surface area contributed by atoms with Crippen LogP contribution in [0.25, 0.3) is 0 Å². The fraction of sp³-hybridized carbons (Fsp3) is 0.769. The van der Waals surface area contributed by atoms with Gasteiger partial charge in [-0.05, 0) is 6.42 Å². The van der Waals surface area contributed by atoms with E-state index in [0.29, 0.717) is 0 Å². The maximum absolute atomic E-state index is 12.2. The molecule has 2 aliphatic rings. The van der Waals surface area contributed by atoms with E-state index in [4.69, 9.17) is 0 Å². The summed E-state index contributed by atoms with van der Waals surface area (Å²) in [4.78, 5) is 33.8. The molecule has 3 amide bonds. The molecule has 0 aromatic rings. The van der Waals surface area contributed by atoms with Crippen molar-refractivity contribution in [3.05, 3.63) is 0 Å². The minimum atomic E-state index is -0.421. The number of amides is 3. The first-order valence-corrected chi connectivity index (χ1v) is 7.06. The van der Waals surface area contributed by atoms with Crippen molar-refractivity contribution in [2.75, 3.05) is 27.7 Å². The summed E-state index contributed by atoms with van der Waals surface area (Å²) in [5.41, 5.74) is 0. The molecule has 1 fully saturated rings. The second kappa shape index (κ2) is 5.68. The van der Waals surface area contributed by atoms with Crippen molar-refractivity contribution >= 4 is 17.9 Å². The van der Waals surface area contributed by atoms with Crippen LogP contribution in [0, 0.1) is 0 Å². The topological polar surface area (TPSA) is 68.2 Å². The number of carbonyl (C=O) groups excluding carboxylic acids is 2. The molecule has 2 atom stereocenters. The third-order valence-electron chi connectivity index (χ3n) is 3.74. The van der Waals surface area contributed by atoms with E-state index in [1.165, 1.54) is 4.90 Å². The zero-order chi connectivity index (χ0) is 14.9. The number of urea groups is 1. The van der Waals surface area contributed by atoms with Crippen molar-refractivity contribution in [3.8, 4) is 0 Å². The third-order valence-corrected chi connectivity index (χ3v) is 3.74. The van der Waals surface area contributed by atoms with E-state index in [1.807, 2.05) is 23.9 Å². The molecule has 0 radical (unpaired) electrons. The normalized spacial score (nSPS) is 25.5. The van der Waals surface area contributed by atoms with Gasteiger partial charge in [-0.15, -0.1) is 0 Å². The number of hydrogen-bond donors (Lipinski definition) is 1. The fourth-order valence-corrected chi connectivity index (χ4v) is 2.65. The monoisotopic (exact) mass is 281 g/mol. The van der Waals surface area contributed by atoms with E-state index in [1.54, 1.807) is 7.05 Å². The molecule has 7 heteroatoms. The Kier molecular flexibility index (Phi) is 4.15. The van der Waals surface area contributed by atoms with Crippen molar-refractivity contribution in [3.63, 3.8) is 0 Å². The highest BCUT2D eigenvalue weighted by molar-refractivity contribution is 6.03. The minimum Gasteiger partial charge on any atom is -0.349 e. The summed E-state index contributed by atoms with van der Waals surface area (Å²) >= 11 is 0. The summed E-state index contributed by atoms with van der Waals surface area (Å²) in [6, 6.07) is -0.791. The molecule has 0 spiro atoms. The predicted molar refractivity (Wildman–Crippen MR) is 76.2 cm³/mol. The van der Waals surface area contributed by atoms with Crippen molar-refractivity contribution in [2.24, 2.45) is 4.99 Å². The second-order valence-electron chi connectivity index (χ2n) is 5.49. The van der Waals surface area contributed by atoms with E-state index in [9.17, 15) is 9.59 Å². The largest absolute Gasteiger partial charge is 0.349 e. The molecule has 1 saturated heterocycles. The maximum Gasteiger partial charge on any atom is 0.325 e. The lowest BCUT2D eigenvalue weighted by Crippen LogP contribution is -2.64. The third kappa shape index (κ3) is 2.44. The van der Waals surface area contributed by atoms with Crippen molar-refractivity contribution in [2.45, 2.75) is 38.4 Å². The smallest absolute Gasteiger partial charge is 0.325 e. The number of fused-ring (bicyclic) bond motifs is 1. The quantitative estimate of drug-likeness (QED) is 0.752. The summed E-state index contributed by atoms with van der Waals surface area (Å²) < 4.78 is 0. The molecular formula is C13H23N5O2. The number of carbonyl (C=O) groups is 2. The predicted octanol–water partition coefficient (Wildman–Crippen LogP) is 0.286. The first kappa shape index (κ1) is 14.6. The summed E-state index contributed by atoms with van der Waals surface area (Å²) in [5, 5.41) is 2.39. The minimum absolute atomic E-state index is 0.254. The number of unbranched alkanes of at least 4 members (excludes halogenated alkanes) is 2. The van der Waals surface area contributed by atoms with Gasteiger partial charge in [-0.25, -0.2) is 9.79 Å². The van der Waals surface area contributed by atoms with E-state index < -0.39 is 12.2 Å². The molecule has 20 heavy (non-hydrogen) atoms. The summed E-state index contributed by atoms with van der Waals surface area (Å²) in [5.74, 6) is 0.517. The Balaban J connectivity index is 2.22. The van der Waals surface area contributed by atoms with E-state index >= 15 is 0 Å². The zero-order valence-electron chi connectivity index (χ0n) is 12.6. The van der Waals surface area contributed by atoms with Crippen LogP contribution < -0.4 is 5.32 Å². The number of imide groups is 1. The SMILES string of the molecule is CCCCCN1C(N(C)C)=NC2C1C(=O)NC(=O)N2C. The van der Waals surface area contributed by atoms with Gasteiger partial charge in [-0.1, -0.05) is 19.8 Å². The Morgan fingerprint density at radius 3 is 2.60 bits per heavy atom. The molecule has 7 nitrogen and oxygen atoms in total. The van der Waals surface area contributed by atoms with Crippen molar-refractivity contribution in [1.29, 1.82) is 0 Å². The van der Waals surface area contributed by atoms with Gasteiger partial charge in [0.1, 0.15) is 0 Å². The highest BCUT2D eigenvalue weighted by Gasteiger charge is 2.48.